The Hall–Kier alpha value is -3.14. The number of hydrogen-bond acceptors (Lipinski definition) is 2. The number of benzene rings is 1. The normalized spacial score (nSPS) is 12.5. The highest BCUT2D eigenvalue weighted by Crippen LogP contribution is 2.14. The first-order valence-electron chi connectivity index (χ1n) is 9.59. The molecular weight excluding hydrogens is 346 g/mol. The summed E-state index contributed by atoms with van der Waals surface area (Å²) in [6, 6.07) is 10.0. The molecule has 3 rings (SSSR count). The molecule has 3 aromatic rings. The summed E-state index contributed by atoms with van der Waals surface area (Å²) in [7, 11) is 1.99. The van der Waals surface area contributed by atoms with Gasteiger partial charge in [0.15, 0.2) is 5.78 Å². The van der Waals surface area contributed by atoms with Crippen molar-refractivity contribution in [2.75, 3.05) is 0 Å². The minimum absolute atomic E-state index is 0.110. The Bertz CT molecular complexity index is 1110. The minimum atomic E-state index is 0.110. The third-order valence-electron chi connectivity index (χ3n) is 4.93. The van der Waals surface area contributed by atoms with Crippen LogP contribution in [0.15, 0.2) is 55.0 Å². The summed E-state index contributed by atoms with van der Waals surface area (Å²) in [5.74, 6) is 0.110. The van der Waals surface area contributed by atoms with Crippen LogP contribution in [0.2, 0.25) is 0 Å². The molecule has 1 aromatic carbocycles. The molecule has 0 radical (unpaired) electrons. The number of H-pyrrole nitrogens is 1. The van der Waals surface area contributed by atoms with Gasteiger partial charge in [-0.05, 0) is 62.1 Å². The molecule has 144 valence electrons. The Morgan fingerprint density at radius 2 is 2.14 bits per heavy atom. The molecular formula is C24H27N3O. The largest absolute Gasteiger partial charge is 0.353 e. The van der Waals surface area contributed by atoms with Crippen molar-refractivity contribution < 1.29 is 4.79 Å². The molecule has 2 heterocycles. The van der Waals surface area contributed by atoms with Crippen LogP contribution < -0.4 is 10.6 Å². The molecule has 0 aliphatic heterocycles. The van der Waals surface area contributed by atoms with Crippen molar-refractivity contribution in [1.82, 2.24) is 14.5 Å². The fourth-order valence-electron chi connectivity index (χ4n) is 3.34. The molecule has 0 atom stereocenters. The lowest BCUT2D eigenvalue weighted by Crippen LogP contribution is -2.21. The summed E-state index contributed by atoms with van der Waals surface area (Å²) in [5, 5.41) is 2.23. The van der Waals surface area contributed by atoms with Gasteiger partial charge in [0.1, 0.15) is 0 Å². The second-order valence-corrected chi connectivity index (χ2v) is 7.14. The Kier molecular flexibility index (Phi) is 6.09. The van der Waals surface area contributed by atoms with Crippen LogP contribution >= 0.6 is 0 Å². The molecule has 0 aliphatic carbocycles. The second-order valence-electron chi connectivity index (χ2n) is 7.14. The van der Waals surface area contributed by atoms with E-state index >= 15 is 0 Å². The molecule has 28 heavy (non-hydrogen) atoms. The summed E-state index contributed by atoms with van der Waals surface area (Å²) in [6.45, 7) is 7.88. The summed E-state index contributed by atoms with van der Waals surface area (Å²) in [6.07, 6.45) is 10.7. The van der Waals surface area contributed by atoms with Gasteiger partial charge in [-0.25, -0.2) is 4.98 Å². The van der Waals surface area contributed by atoms with Crippen LogP contribution in [-0.2, 0) is 13.5 Å². The van der Waals surface area contributed by atoms with Crippen molar-refractivity contribution in [2.45, 2.75) is 33.1 Å². The van der Waals surface area contributed by atoms with Gasteiger partial charge in [-0.1, -0.05) is 36.4 Å². The highest BCUT2D eigenvalue weighted by atomic mass is 16.1. The van der Waals surface area contributed by atoms with Crippen LogP contribution in [0.5, 0.6) is 0 Å². The maximum Gasteiger partial charge on any atom is 0.159 e. The zero-order valence-electron chi connectivity index (χ0n) is 16.8. The molecule has 0 saturated heterocycles. The van der Waals surface area contributed by atoms with Crippen LogP contribution in [0.25, 0.3) is 23.5 Å². The van der Waals surface area contributed by atoms with Crippen LogP contribution in [0.4, 0.5) is 0 Å². The number of aromatic amines is 1. The molecule has 4 nitrogen and oxygen atoms in total. The number of imidazole rings is 1. The topological polar surface area (TPSA) is 50.7 Å². The van der Waals surface area contributed by atoms with Crippen LogP contribution in [-0.4, -0.2) is 20.3 Å². The number of rotatable bonds is 7. The van der Waals surface area contributed by atoms with Gasteiger partial charge in [0.05, 0.1) is 23.9 Å². The van der Waals surface area contributed by atoms with Gasteiger partial charge in [0.25, 0.3) is 0 Å². The molecule has 0 saturated carbocycles. The summed E-state index contributed by atoms with van der Waals surface area (Å²) in [5.41, 5.74) is 5.16. The lowest BCUT2D eigenvalue weighted by Gasteiger charge is -2.04. The average molecular weight is 374 g/mol. The van der Waals surface area contributed by atoms with Gasteiger partial charge in [0.2, 0.25) is 0 Å². The highest BCUT2D eigenvalue weighted by Gasteiger charge is 2.05. The van der Waals surface area contributed by atoms with Gasteiger partial charge in [0, 0.05) is 18.0 Å². The van der Waals surface area contributed by atoms with Crippen LogP contribution in [0, 0.1) is 0 Å². The summed E-state index contributed by atoms with van der Waals surface area (Å²) < 4.78 is 2.00. The van der Waals surface area contributed by atoms with E-state index in [9.17, 15) is 4.79 Å². The molecule has 1 N–H and O–H groups in total. The fourth-order valence-corrected chi connectivity index (χ4v) is 3.34. The number of carbonyl (C=O) groups excluding carboxylic acids is 1. The number of aromatic nitrogens is 3. The number of aryl methyl sites for hydroxylation is 2. The Morgan fingerprint density at radius 3 is 2.82 bits per heavy atom. The first-order chi connectivity index (χ1) is 13.5. The van der Waals surface area contributed by atoms with Gasteiger partial charge >= 0.3 is 0 Å². The molecule has 0 amide bonds. The van der Waals surface area contributed by atoms with Gasteiger partial charge in [-0.15, -0.1) is 0 Å². The zero-order valence-corrected chi connectivity index (χ0v) is 16.8. The lowest BCUT2D eigenvalue weighted by molar-refractivity contribution is 0.101. The monoisotopic (exact) mass is 373 g/mol. The summed E-state index contributed by atoms with van der Waals surface area (Å²) in [4.78, 5) is 19.2. The molecule has 0 bridgehead atoms. The number of ketones is 1. The van der Waals surface area contributed by atoms with E-state index in [1.807, 2.05) is 42.9 Å². The molecule has 0 aliphatic rings. The van der Waals surface area contributed by atoms with Crippen LogP contribution in [0.1, 0.15) is 42.6 Å². The number of carbonyl (C=O) groups is 1. The van der Waals surface area contributed by atoms with Gasteiger partial charge in [-0.3, -0.25) is 4.79 Å². The molecule has 4 heteroatoms. The van der Waals surface area contributed by atoms with E-state index in [-0.39, 0.29) is 5.78 Å². The van der Waals surface area contributed by atoms with Crippen molar-refractivity contribution in [3.8, 4) is 11.4 Å². The van der Waals surface area contributed by atoms with E-state index in [1.54, 1.807) is 13.3 Å². The minimum Gasteiger partial charge on any atom is -0.353 e. The Labute approximate surface area is 166 Å². The number of allylic oxidation sites excluding steroid dienone is 1. The maximum atomic E-state index is 11.5. The Balaban J connectivity index is 1.70. The maximum absolute atomic E-state index is 11.5. The van der Waals surface area contributed by atoms with Crippen molar-refractivity contribution in [3.63, 3.8) is 0 Å². The molecule has 0 unspecified atom stereocenters. The lowest BCUT2D eigenvalue weighted by atomic mass is 10.0. The highest BCUT2D eigenvalue weighted by molar-refractivity contribution is 5.94. The standard InChI is InChI=1S/C24H27N3O/c1-5-20-14-23(24-15-25-16-27(24)4)26-22(20)12-17(2)8-6-9-19-10-7-11-21(13-19)18(3)28/h5,7,10-16,26H,2,6,8-9H2,1,3-4H3/b20-5-,22-12+. The van der Waals surface area contributed by atoms with E-state index in [0.717, 1.165) is 52.4 Å². The third-order valence-corrected chi connectivity index (χ3v) is 4.93. The number of Topliss-reactive ketones (excluding diaryl/α,β-unsaturated/α-hetero) is 1. The SMILES string of the molecule is C=C(/C=c1/[nH]c(-c2cncn2C)c/c1=C/C)CCCc1cccc(C(C)=O)c1. The zero-order chi connectivity index (χ0) is 20.1. The number of nitrogens with zero attached hydrogens (tertiary/aromatic N) is 2. The Morgan fingerprint density at radius 1 is 1.32 bits per heavy atom. The van der Waals surface area contributed by atoms with E-state index in [1.165, 1.54) is 5.56 Å². The van der Waals surface area contributed by atoms with E-state index < -0.39 is 0 Å². The van der Waals surface area contributed by atoms with Crippen molar-refractivity contribution in [3.05, 3.63) is 76.7 Å². The first-order valence-corrected chi connectivity index (χ1v) is 9.59. The average Bonchev–Trinajstić information content (AvgIpc) is 3.27. The molecule has 0 spiro atoms. The van der Waals surface area contributed by atoms with E-state index in [2.05, 4.69) is 40.8 Å². The fraction of sp³-hybridized carbons (Fsp3) is 0.250. The predicted octanol–water partition coefficient (Wildman–Crippen LogP) is 3.78. The third kappa shape index (κ3) is 4.58. The van der Waals surface area contributed by atoms with Crippen LogP contribution in [0.3, 0.4) is 0 Å². The molecule has 2 aromatic heterocycles. The smallest absolute Gasteiger partial charge is 0.159 e. The van der Waals surface area contributed by atoms with Crippen molar-refractivity contribution in [1.29, 1.82) is 0 Å². The quantitative estimate of drug-likeness (QED) is 0.641. The van der Waals surface area contributed by atoms with E-state index in [4.69, 9.17) is 0 Å². The van der Waals surface area contributed by atoms with Crippen molar-refractivity contribution in [2.24, 2.45) is 7.05 Å². The van der Waals surface area contributed by atoms with Gasteiger partial charge in [-0.2, -0.15) is 0 Å². The second kappa shape index (κ2) is 8.70. The summed E-state index contributed by atoms with van der Waals surface area (Å²) >= 11 is 0. The van der Waals surface area contributed by atoms with Gasteiger partial charge < -0.3 is 9.55 Å². The van der Waals surface area contributed by atoms with E-state index in [0.29, 0.717) is 0 Å². The molecule has 0 fully saturated rings. The predicted molar refractivity (Wildman–Crippen MR) is 115 cm³/mol. The number of nitrogens with one attached hydrogen (secondary N) is 1. The first kappa shape index (κ1) is 19.6. The van der Waals surface area contributed by atoms with Crippen molar-refractivity contribution >= 4 is 17.9 Å². The number of hydrogen-bond donors (Lipinski definition) is 1.